The van der Waals surface area contributed by atoms with Gasteiger partial charge < -0.3 is 10.4 Å². The van der Waals surface area contributed by atoms with Crippen molar-refractivity contribution in [3.8, 4) is 0 Å². The van der Waals surface area contributed by atoms with Gasteiger partial charge in [0.15, 0.2) is 0 Å². The first kappa shape index (κ1) is 13.4. The Morgan fingerprint density at radius 3 is 2.14 bits per heavy atom. The Morgan fingerprint density at radius 1 is 1.36 bits per heavy atom. The van der Waals surface area contributed by atoms with Crippen molar-refractivity contribution in [1.29, 1.82) is 0 Å². The van der Waals surface area contributed by atoms with Gasteiger partial charge in [-0.25, -0.2) is 0 Å². The lowest BCUT2D eigenvalue weighted by molar-refractivity contribution is -0.143. The zero-order valence-corrected chi connectivity index (χ0v) is 9.76. The summed E-state index contributed by atoms with van der Waals surface area (Å²) in [5.74, 6) is 0.421. The molecule has 1 saturated carbocycles. The summed E-state index contributed by atoms with van der Waals surface area (Å²) in [6.07, 6.45) is 3.11. The Balaban J connectivity index is 0.000000791. The topological polar surface area (TPSA) is 49.3 Å². The molecule has 0 saturated heterocycles. The van der Waals surface area contributed by atoms with Crippen molar-refractivity contribution in [3.63, 3.8) is 0 Å². The molecule has 0 radical (unpaired) electrons. The number of likely N-dealkylation sites (N-methyl/N-ethyl adjacent to an activating group) is 1. The Hall–Kier alpha value is -0.570. The summed E-state index contributed by atoms with van der Waals surface area (Å²) in [5, 5.41) is 12.3. The standard InChI is InChI=1S/C9H17NO2.C2H6/c1-7-3-5-9(12,6-4-7)8(11)10-2;1-2/h7,12H,3-6H2,1-2H3,(H,10,11);1-2H3. The van der Waals surface area contributed by atoms with Gasteiger partial charge in [0, 0.05) is 7.05 Å². The molecule has 1 rings (SSSR count). The Bertz CT molecular complexity index is 172. The fourth-order valence-corrected chi connectivity index (χ4v) is 1.70. The molecule has 0 unspecified atom stereocenters. The minimum absolute atomic E-state index is 0.227. The molecule has 0 atom stereocenters. The first-order valence-corrected chi connectivity index (χ1v) is 5.53. The predicted octanol–water partition coefficient (Wildman–Crippen LogP) is 1.70. The number of rotatable bonds is 1. The lowest BCUT2D eigenvalue weighted by Crippen LogP contribution is -2.47. The summed E-state index contributed by atoms with van der Waals surface area (Å²) in [6.45, 7) is 6.16. The maximum atomic E-state index is 11.2. The zero-order valence-electron chi connectivity index (χ0n) is 9.76. The first-order chi connectivity index (χ1) is 6.58. The van der Waals surface area contributed by atoms with Crippen LogP contribution >= 0.6 is 0 Å². The van der Waals surface area contributed by atoms with Crippen LogP contribution in [-0.4, -0.2) is 23.7 Å². The van der Waals surface area contributed by atoms with Gasteiger partial charge >= 0.3 is 0 Å². The third kappa shape index (κ3) is 3.29. The van der Waals surface area contributed by atoms with Crippen molar-refractivity contribution in [2.45, 2.75) is 52.1 Å². The van der Waals surface area contributed by atoms with Crippen LogP contribution in [0.1, 0.15) is 46.5 Å². The van der Waals surface area contributed by atoms with E-state index in [9.17, 15) is 9.90 Å². The fourth-order valence-electron chi connectivity index (χ4n) is 1.70. The van der Waals surface area contributed by atoms with Crippen molar-refractivity contribution >= 4 is 5.91 Å². The molecular formula is C11H23NO2. The number of hydrogen-bond acceptors (Lipinski definition) is 2. The molecule has 0 aromatic rings. The lowest BCUT2D eigenvalue weighted by Gasteiger charge is -2.32. The van der Waals surface area contributed by atoms with E-state index in [0.29, 0.717) is 18.8 Å². The summed E-state index contributed by atoms with van der Waals surface area (Å²) >= 11 is 0. The van der Waals surface area contributed by atoms with E-state index in [0.717, 1.165) is 12.8 Å². The highest BCUT2D eigenvalue weighted by Crippen LogP contribution is 2.31. The van der Waals surface area contributed by atoms with Crippen LogP contribution in [0.5, 0.6) is 0 Å². The quantitative estimate of drug-likeness (QED) is 0.678. The minimum atomic E-state index is -1.08. The third-order valence-electron chi connectivity index (χ3n) is 2.75. The van der Waals surface area contributed by atoms with E-state index in [4.69, 9.17) is 0 Å². The van der Waals surface area contributed by atoms with Crippen molar-refractivity contribution in [1.82, 2.24) is 5.32 Å². The largest absolute Gasteiger partial charge is 0.380 e. The third-order valence-corrected chi connectivity index (χ3v) is 2.75. The van der Waals surface area contributed by atoms with Gasteiger partial charge in [0.1, 0.15) is 5.60 Å². The van der Waals surface area contributed by atoms with E-state index >= 15 is 0 Å². The Labute approximate surface area is 86.9 Å². The second kappa shape index (κ2) is 6.02. The van der Waals surface area contributed by atoms with Crippen molar-refractivity contribution < 1.29 is 9.90 Å². The molecule has 0 aromatic carbocycles. The second-order valence-electron chi connectivity index (χ2n) is 3.79. The number of amides is 1. The molecule has 14 heavy (non-hydrogen) atoms. The lowest BCUT2D eigenvalue weighted by atomic mass is 9.79. The van der Waals surface area contributed by atoms with E-state index in [-0.39, 0.29) is 5.91 Å². The van der Waals surface area contributed by atoms with Gasteiger partial charge in [-0.1, -0.05) is 20.8 Å². The Morgan fingerprint density at radius 2 is 1.79 bits per heavy atom. The average molecular weight is 201 g/mol. The normalized spacial score (nSPS) is 31.4. The van der Waals surface area contributed by atoms with Gasteiger partial charge in [0.2, 0.25) is 0 Å². The number of nitrogens with one attached hydrogen (secondary N) is 1. The van der Waals surface area contributed by atoms with E-state index in [1.54, 1.807) is 7.05 Å². The van der Waals surface area contributed by atoms with Crippen molar-refractivity contribution in [2.75, 3.05) is 7.05 Å². The zero-order chi connectivity index (χ0) is 11.2. The molecular weight excluding hydrogens is 178 g/mol. The fraction of sp³-hybridized carbons (Fsp3) is 0.909. The molecule has 3 heteroatoms. The van der Waals surface area contributed by atoms with Crippen molar-refractivity contribution in [3.05, 3.63) is 0 Å². The number of hydrogen-bond donors (Lipinski definition) is 2. The Kier molecular flexibility index (Phi) is 5.77. The molecule has 0 spiro atoms. The summed E-state index contributed by atoms with van der Waals surface area (Å²) in [5.41, 5.74) is -1.08. The van der Waals surface area contributed by atoms with Gasteiger partial charge in [0.25, 0.3) is 5.91 Å². The number of aliphatic hydroxyl groups is 1. The summed E-state index contributed by atoms with van der Waals surface area (Å²) < 4.78 is 0. The van der Waals surface area contributed by atoms with Crippen LogP contribution in [0.3, 0.4) is 0 Å². The highest BCUT2D eigenvalue weighted by atomic mass is 16.3. The van der Waals surface area contributed by atoms with Crippen LogP contribution in [0.2, 0.25) is 0 Å². The van der Waals surface area contributed by atoms with Crippen LogP contribution in [0, 0.1) is 5.92 Å². The van der Waals surface area contributed by atoms with Crippen LogP contribution in [0.25, 0.3) is 0 Å². The molecule has 84 valence electrons. The van der Waals surface area contributed by atoms with Gasteiger partial charge in [-0.15, -0.1) is 0 Å². The first-order valence-electron chi connectivity index (χ1n) is 5.53. The maximum absolute atomic E-state index is 11.2. The van der Waals surface area contributed by atoms with E-state index in [1.807, 2.05) is 13.8 Å². The molecule has 1 amide bonds. The maximum Gasteiger partial charge on any atom is 0.251 e. The molecule has 0 aromatic heterocycles. The highest BCUT2D eigenvalue weighted by Gasteiger charge is 2.37. The van der Waals surface area contributed by atoms with Crippen LogP contribution < -0.4 is 5.32 Å². The molecule has 0 aliphatic heterocycles. The molecule has 0 heterocycles. The summed E-state index contributed by atoms with van der Waals surface area (Å²) in [6, 6.07) is 0. The SMILES string of the molecule is CC.CNC(=O)C1(O)CCC(C)CC1. The molecule has 1 aliphatic carbocycles. The van der Waals surface area contributed by atoms with Gasteiger partial charge in [-0.2, -0.15) is 0 Å². The molecule has 1 fully saturated rings. The molecule has 2 N–H and O–H groups in total. The van der Waals surface area contributed by atoms with Gasteiger partial charge in [-0.05, 0) is 31.6 Å². The number of carbonyl (C=O) groups is 1. The number of carbonyl (C=O) groups excluding carboxylic acids is 1. The predicted molar refractivity (Wildman–Crippen MR) is 58.0 cm³/mol. The van der Waals surface area contributed by atoms with Crippen LogP contribution in [0.15, 0.2) is 0 Å². The summed E-state index contributed by atoms with van der Waals surface area (Å²) in [7, 11) is 1.57. The van der Waals surface area contributed by atoms with E-state index in [2.05, 4.69) is 12.2 Å². The van der Waals surface area contributed by atoms with E-state index in [1.165, 1.54) is 0 Å². The van der Waals surface area contributed by atoms with Gasteiger partial charge in [0.05, 0.1) is 0 Å². The second-order valence-corrected chi connectivity index (χ2v) is 3.79. The molecule has 0 bridgehead atoms. The van der Waals surface area contributed by atoms with Gasteiger partial charge in [-0.3, -0.25) is 4.79 Å². The van der Waals surface area contributed by atoms with E-state index < -0.39 is 5.60 Å². The monoisotopic (exact) mass is 201 g/mol. The highest BCUT2D eigenvalue weighted by molar-refractivity contribution is 5.84. The summed E-state index contributed by atoms with van der Waals surface area (Å²) in [4.78, 5) is 11.2. The average Bonchev–Trinajstić information content (AvgIpc) is 2.24. The van der Waals surface area contributed by atoms with Crippen LogP contribution in [0.4, 0.5) is 0 Å². The smallest absolute Gasteiger partial charge is 0.251 e. The minimum Gasteiger partial charge on any atom is -0.380 e. The van der Waals surface area contributed by atoms with Crippen molar-refractivity contribution in [2.24, 2.45) is 5.92 Å². The van der Waals surface area contributed by atoms with Crippen LogP contribution in [-0.2, 0) is 4.79 Å². The molecule has 3 nitrogen and oxygen atoms in total. The molecule has 1 aliphatic rings.